The number of carboxylic acids is 1. The van der Waals surface area contributed by atoms with Gasteiger partial charge in [0.25, 0.3) is 0 Å². The van der Waals surface area contributed by atoms with E-state index < -0.39 is 16.0 Å². The summed E-state index contributed by atoms with van der Waals surface area (Å²) in [6, 6.07) is 1.11. The number of carboxylic acid groups (broad SMARTS) is 1. The minimum atomic E-state index is -3.67. The van der Waals surface area contributed by atoms with E-state index in [2.05, 4.69) is 4.72 Å². The summed E-state index contributed by atoms with van der Waals surface area (Å²) < 4.78 is 28.9. The van der Waals surface area contributed by atoms with E-state index in [0.29, 0.717) is 12.5 Å². The first-order valence-corrected chi connectivity index (χ1v) is 8.79. The molecule has 7 heteroatoms. The maximum absolute atomic E-state index is 12.4. The van der Waals surface area contributed by atoms with Gasteiger partial charge in [0, 0.05) is 18.8 Å². The van der Waals surface area contributed by atoms with Crippen LogP contribution in [0.25, 0.3) is 0 Å². The van der Waals surface area contributed by atoms with Gasteiger partial charge in [0.05, 0.1) is 0 Å². The van der Waals surface area contributed by atoms with Crippen LogP contribution in [0.2, 0.25) is 0 Å². The lowest BCUT2D eigenvalue weighted by molar-refractivity contribution is 0.0685. The Morgan fingerprint density at radius 1 is 1.52 bits per heavy atom. The monoisotopic (exact) mass is 314 g/mol. The molecule has 0 bridgehead atoms. The quantitative estimate of drug-likeness (QED) is 0.806. The van der Waals surface area contributed by atoms with Gasteiger partial charge in [-0.15, -0.1) is 0 Å². The molecule has 1 fully saturated rings. The van der Waals surface area contributed by atoms with E-state index in [1.54, 1.807) is 0 Å². The third-order valence-corrected chi connectivity index (χ3v) is 5.59. The van der Waals surface area contributed by atoms with Crippen molar-refractivity contribution in [3.05, 3.63) is 18.0 Å². The van der Waals surface area contributed by atoms with Crippen molar-refractivity contribution in [2.45, 2.75) is 57.0 Å². The van der Waals surface area contributed by atoms with E-state index in [1.807, 2.05) is 13.8 Å². The summed E-state index contributed by atoms with van der Waals surface area (Å²) in [4.78, 5) is 11.2. The van der Waals surface area contributed by atoms with Crippen LogP contribution in [0.3, 0.4) is 0 Å². The zero-order valence-corrected chi connectivity index (χ0v) is 13.2. The number of aryl methyl sites for hydroxylation is 1. The second-order valence-electron chi connectivity index (χ2n) is 5.66. The smallest absolute Gasteiger partial charge is 0.352 e. The molecule has 2 rings (SSSR count). The normalized spacial score (nSPS) is 17.4. The van der Waals surface area contributed by atoms with Crippen LogP contribution in [0.4, 0.5) is 0 Å². The van der Waals surface area contributed by atoms with Crippen molar-refractivity contribution in [1.29, 1.82) is 0 Å². The fourth-order valence-electron chi connectivity index (χ4n) is 2.58. The molecule has 21 heavy (non-hydrogen) atoms. The van der Waals surface area contributed by atoms with Gasteiger partial charge in [0.1, 0.15) is 10.6 Å². The highest BCUT2D eigenvalue weighted by atomic mass is 32.2. The highest BCUT2D eigenvalue weighted by Gasteiger charge is 2.29. The van der Waals surface area contributed by atoms with Gasteiger partial charge in [0.15, 0.2) is 0 Å². The largest absolute Gasteiger partial charge is 0.477 e. The Morgan fingerprint density at radius 3 is 2.67 bits per heavy atom. The molecule has 1 atom stereocenters. The molecule has 118 valence electrons. The third-order valence-electron chi connectivity index (χ3n) is 4.06. The van der Waals surface area contributed by atoms with Crippen LogP contribution in [0.15, 0.2) is 17.2 Å². The van der Waals surface area contributed by atoms with Crippen molar-refractivity contribution in [3.63, 3.8) is 0 Å². The molecule has 0 aliphatic heterocycles. The van der Waals surface area contributed by atoms with Crippen molar-refractivity contribution in [2.75, 3.05) is 0 Å². The number of carbonyl (C=O) groups is 1. The molecule has 1 unspecified atom stereocenters. The fraction of sp³-hybridized carbons (Fsp3) is 0.643. The molecular weight excluding hydrogens is 292 g/mol. The number of hydrogen-bond acceptors (Lipinski definition) is 3. The van der Waals surface area contributed by atoms with Crippen molar-refractivity contribution < 1.29 is 18.3 Å². The van der Waals surface area contributed by atoms with E-state index in [-0.39, 0.29) is 16.6 Å². The van der Waals surface area contributed by atoms with Gasteiger partial charge in [-0.2, -0.15) is 0 Å². The highest BCUT2D eigenvalue weighted by Crippen LogP contribution is 2.30. The van der Waals surface area contributed by atoms with Crippen LogP contribution < -0.4 is 4.72 Å². The lowest BCUT2D eigenvalue weighted by Gasteiger charge is -2.31. The number of aromatic carboxylic acids is 1. The molecule has 1 heterocycles. The number of nitrogens with one attached hydrogen (secondary N) is 1. The Labute approximate surface area is 125 Å². The maximum atomic E-state index is 12.4. The molecule has 0 saturated heterocycles. The molecule has 1 aliphatic rings. The fourth-order valence-corrected chi connectivity index (χ4v) is 3.94. The van der Waals surface area contributed by atoms with Crippen LogP contribution in [0, 0.1) is 5.92 Å². The summed E-state index contributed by atoms with van der Waals surface area (Å²) in [6.07, 6.45) is 5.37. The van der Waals surface area contributed by atoms with E-state index in [1.165, 1.54) is 16.8 Å². The minimum Gasteiger partial charge on any atom is -0.477 e. The average molecular weight is 314 g/mol. The van der Waals surface area contributed by atoms with E-state index in [0.717, 1.165) is 25.7 Å². The van der Waals surface area contributed by atoms with Crippen molar-refractivity contribution >= 4 is 16.0 Å². The summed E-state index contributed by atoms with van der Waals surface area (Å²) in [7, 11) is -3.67. The van der Waals surface area contributed by atoms with Crippen LogP contribution in [0.5, 0.6) is 0 Å². The first-order valence-electron chi connectivity index (χ1n) is 7.31. The third kappa shape index (κ3) is 3.47. The van der Waals surface area contributed by atoms with Gasteiger partial charge < -0.3 is 9.67 Å². The van der Waals surface area contributed by atoms with Gasteiger partial charge >= 0.3 is 5.97 Å². The Morgan fingerprint density at radius 2 is 2.19 bits per heavy atom. The van der Waals surface area contributed by atoms with E-state index in [9.17, 15) is 13.2 Å². The van der Waals surface area contributed by atoms with Crippen molar-refractivity contribution in [2.24, 2.45) is 5.92 Å². The molecule has 0 radical (unpaired) electrons. The molecule has 2 N–H and O–H groups in total. The molecule has 1 aliphatic carbocycles. The van der Waals surface area contributed by atoms with Gasteiger partial charge in [-0.25, -0.2) is 17.9 Å². The van der Waals surface area contributed by atoms with Crippen molar-refractivity contribution in [3.8, 4) is 0 Å². The second-order valence-corrected chi connectivity index (χ2v) is 7.37. The second kappa shape index (κ2) is 6.19. The molecule has 0 spiro atoms. The van der Waals surface area contributed by atoms with Gasteiger partial charge in [-0.3, -0.25) is 0 Å². The molecule has 1 aromatic heterocycles. The number of rotatable bonds is 7. The predicted molar refractivity (Wildman–Crippen MR) is 78.8 cm³/mol. The SMILES string of the molecule is CCCn1cc(S(=O)(=O)NC(C)C2CCC2)cc1C(=O)O. The molecule has 6 nitrogen and oxygen atoms in total. The van der Waals surface area contributed by atoms with Crippen LogP contribution in [-0.4, -0.2) is 30.1 Å². The maximum Gasteiger partial charge on any atom is 0.352 e. The van der Waals surface area contributed by atoms with Gasteiger partial charge in [-0.05, 0) is 38.2 Å². The molecular formula is C14H22N2O4S. The number of aromatic nitrogens is 1. The lowest BCUT2D eigenvalue weighted by Crippen LogP contribution is -2.40. The Kier molecular flexibility index (Phi) is 4.73. The number of hydrogen-bond donors (Lipinski definition) is 2. The molecule has 0 amide bonds. The van der Waals surface area contributed by atoms with E-state index in [4.69, 9.17) is 5.11 Å². The Bertz CT molecular complexity index is 617. The minimum absolute atomic E-state index is 0.00789. The number of nitrogens with zero attached hydrogens (tertiary/aromatic N) is 1. The summed E-state index contributed by atoms with van der Waals surface area (Å²) in [6.45, 7) is 4.26. The van der Waals surface area contributed by atoms with Crippen LogP contribution >= 0.6 is 0 Å². The first-order chi connectivity index (χ1) is 9.85. The summed E-state index contributed by atoms with van der Waals surface area (Å²) in [5.41, 5.74) is 0.00789. The molecule has 1 aromatic rings. The summed E-state index contributed by atoms with van der Waals surface area (Å²) in [5.74, 6) is -0.728. The lowest BCUT2D eigenvalue weighted by atomic mass is 9.81. The first kappa shape index (κ1) is 16.0. The Balaban J connectivity index is 2.22. The Hall–Kier alpha value is -1.34. The predicted octanol–water partition coefficient (Wildman–Crippen LogP) is 2.06. The summed E-state index contributed by atoms with van der Waals surface area (Å²) >= 11 is 0. The zero-order valence-electron chi connectivity index (χ0n) is 12.4. The molecule has 0 aromatic carbocycles. The van der Waals surface area contributed by atoms with Crippen molar-refractivity contribution in [1.82, 2.24) is 9.29 Å². The average Bonchev–Trinajstić information content (AvgIpc) is 2.71. The van der Waals surface area contributed by atoms with Crippen LogP contribution in [-0.2, 0) is 16.6 Å². The number of sulfonamides is 1. The van der Waals surface area contributed by atoms with E-state index >= 15 is 0 Å². The van der Waals surface area contributed by atoms with Gasteiger partial charge in [-0.1, -0.05) is 13.3 Å². The zero-order chi connectivity index (χ0) is 15.6. The standard InChI is InChI=1S/C14H22N2O4S/c1-3-7-16-9-12(8-13(16)14(17)18)21(19,20)15-10(2)11-5-4-6-11/h8-11,15H,3-7H2,1-2H3,(H,17,18). The van der Waals surface area contributed by atoms with Gasteiger partial charge in [0.2, 0.25) is 10.0 Å². The highest BCUT2D eigenvalue weighted by molar-refractivity contribution is 7.89. The molecule has 1 saturated carbocycles. The summed E-state index contributed by atoms with van der Waals surface area (Å²) in [5, 5.41) is 9.15. The topological polar surface area (TPSA) is 88.4 Å². The van der Waals surface area contributed by atoms with Crippen LogP contribution in [0.1, 0.15) is 50.0 Å².